The van der Waals surface area contributed by atoms with Gasteiger partial charge in [-0.05, 0) is 6.07 Å². The first-order valence-corrected chi connectivity index (χ1v) is 5.06. The van der Waals surface area contributed by atoms with Crippen molar-refractivity contribution >= 4 is 23.2 Å². The summed E-state index contributed by atoms with van der Waals surface area (Å²) in [5.74, 6) is 0.117. The predicted octanol–water partition coefficient (Wildman–Crippen LogP) is 1.50. The number of carbonyl (C=O) groups is 1. The minimum Gasteiger partial charge on any atom is -0.383 e. The number of pyridine rings is 1. The van der Waals surface area contributed by atoms with Gasteiger partial charge in [0, 0.05) is 12.2 Å². The number of hydrogen-bond donors (Lipinski definition) is 2. The van der Waals surface area contributed by atoms with Gasteiger partial charge < -0.3 is 11.1 Å². The van der Waals surface area contributed by atoms with E-state index in [2.05, 4.69) is 10.3 Å². The van der Waals surface area contributed by atoms with Crippen LogP contribution in [0.25, 0.3) is 0 Å². The Morgan fingerprint density at radius 3 is 2.93 bits per heavy atom. The van der Waals surface area contributed by atoms with Crippen LogP contribution in [0.1, 0.15) is 24.2 Å². The Balaban J connectivity index is 2.77. The van der Waals surface area contributed by atoms with Gasteiger partial charge in [-0.25, -0.2) is 4.98 Å². The summed E-state index contributed by atoms with van der Waals surface area (Å²) in [5, 5.41) is 3.43. The number of rotatable bonds is 4. The molecule has 1 aromatic heterocycles. The number of aromatic nitrogens is 1. The maximum absolute atomic E-state index is 11.7. The second-order valence-electron chi connectivity index (χ2n) is 3.55. The normalized spacial score (nSPS) is 10.7. The van der Waals surface area contributed by atoms with Gasteiger partial charge in [-0.15, -0.1) is 0 Å². The molecular formula is C10H14ClN3O. The molecule has 0 saturated carbocycles. The average Bonchev–Trinajstić information content (AvgIpc) is 2.18. The number of ketones is 1. The number of nitrogen functional groups attached to an aromatic ring is 1. The maximum atomic E-state index is 11.7. The first-order chi connectivity index (χ1) is 7.00. The second kappa shape index (κ2) is 5.09. The van der Waals surface area contributed by atoms with Crippen LogP contribution in [0.15, 0.2) is 12.3 Å². The third kappa shape index (κ3) is 3.49. The number of Topliss-reactive ketones (excluding diaryl/α,β-unsaturated/α-hetero) is 1. The molecule has 15 heavy (non-hydrogen) atoms. The van der Waals surface area contributed by atoms with Crippen molar-refractivity contribution in [2.75, 3.05) is 12.3 Å². The van der Waals surface area contributed by atoms with E-state index in [9.17, 15) is 4.79 Å². The molecule has 0 atom stereocenters. The number of anilines is 1. The minimum absolute atomic E-state index is 0.101. The standard InChI is InChI=1S/C10H14ClN3O/c1-6(2)13-5-9(15)8-3-7(11)4-14-10(8)12/h3-4,6,13H,5H2,1-2H3,(H2,12,14). The summed E-state index contributed by atoms with van der Waals surface area (Å²) in [5.41, 5.74) is 5.95. The highest BCUT2D eigenvalue weighted by Gasteiger charge is 2.11. The topological polar surface area (TPSA) is 68.0 Å². The summed E-state index contributed by atoms with van der Waals surface area (Å²) >= 11 is 5.73. The molecule has 0 amide bonds. The Morgan fingerprint density at radius 2 is 2.33 bits per heavy atom. The lowest BCUT2D eigenvalue weighted by molar-refractivity contribution is 0.0989. The Hall–Kier alpha value is -1.13. The molecule has 0 aliphatic carbocycles. The van der Waals surface area contributed by atoms with Gasteiger partial charge in [0.2, 0.25) is 0 Å². The molecule has 0 radical (unpaired) electrons. The highest BCUT2D eigenvalue weighted by Crippen LogP contribution is 2.15. The highest BCUT2D eigenvalue weighted by atomic mass is 35.5. The van der Waals surface area contributed by atoms with Gasteiger partial charge in [-0.2, -0.15) is 0 Å². The molecular weight excluding hydrogens is 214 g/mol. The molecule has 1 heterocycles. The van der Waals surface area contributed by atoms with E-state index in [-0.39, 0.29) is 24.2 Å². The quantitative estimate of drug-likeness (QED) is 0.765. The molecule has 0 fully saturated rings. The lowest BCUT2D eigenvalue weighted by atomic mass is 10.1. The smallest absolute Gasteiger partial charge is 0.180 e. The zero-order valence-corrected chi connectivity index (χ0v) is 9.51. The molecule has 0 spiro atoms. The van der Waals surface area contributed by atoms with Gasteiger partial charge in [0.25, 0.3) is 0 Å². The molecule has 0 saturated heterocycles. The van der Waals surface area contributed by atoms with Crippen LogP contribution in [-0.4, -0.2) is 23.4 Å². The summed E-state index contributed by atoms with van der Waals surface area (Å²) < 4.78 is 0. The molecule has 0 aromatic carbocycles. The molecule has 0 aliphatic rings. The van der Waals surface area contributed by atoms with Crippen molar-refractivity contribution in [3.63, 3.8) is 0 Å². The maximum Gasteiger partial charge on any atom is 0.180 e. The van der Waals surface area contributed by atoms with Crippen LogP contribution in [0, 0.1) is 0 Å². The average molecular weight is 228 g/mol. The van der Waals surface area contributed by atoms with Crippen molar-refractivity contribution in [2.45, 2.75) is 19.9 Å². The molecule has 0 unspecified atom stereocenters. The van der Waals surface area contributed by atoms with Crippen molar-refractivity contribution in [2.24, 2.45) is 0 Å². The number of halogens is 1. The Morgan fingerprint density at radius 1 is 1.67 bits per heavy atom. The fourth-order valence-electron chi connectivity index (χ4n) is 1.07. The van der Waals surface area contributed by atoms with Crippen LogP contribution in [-0.2, 0) is 0 Å². The summed E-state index contributed by atoms with van der Waals surface area (Å²) in [7, 11) is 0. The number of nitrogens with zero attached hydrogens (tertiary/aromatic N) is 1. The van der Waals surface area contributed by atoms with Crippen LogP contribution in [0.4, 0.5) is 5.82 Å². The fourth-order valence-corrected chi connectivity index (χ4v) is 1.22. The van der Waals surface area contributed by atoms with Crippen LogP contribution in [0.3, 0.4) is 0 Å². The first kappa shape index (κ1) is 11.9. The van der Waals surface area contributed by atoms with E-state index in [0.29, 0.717) is 10.6 Å². The Labute approximate surface area is 93.8 Å². The lowest BCUT2D eigenvalue weighted by Crippen LogP contribution is -2.29. The van der Waals surface area contributed by atoms with Crippen molar-refractivity contribution in [3.8, 4) is 0 Å². The van der Waals surface area contributed by atoms with Crippen LogP contribution >= 0.6 is 11.6 Å². The predicted molar refractivity (Wildman–Crippen MR) is 61.1 cm³/mol. The minimum atomic E-state index is -0.101. The number of hydrogen-bond acceptors (Lipinski definition) is 4. The molecule has 5 heteroatoms. The number of nitrogens with two attached hydrogens (primary N) is 1. The van der Waals surface area contributed by atoms with Gasteiger partial charge in [0.1, 0.15) is 5.82 Å². The van der Waals surface area contributed by atoms with E-state index in [1.54, 1.807) is 0 Å². The number of carbonyl (C=O) groups excluding carboxylic acids is 1. The second-order valence-corrected chi connectivity index (χ2v) is 3.98. The summed E-state index contributed by atoms with van der Waals surface area (Å²) in [4.78, 5) is 15.5. The van der Waals surface area contributed by atoms with Crippen LogP contribution < -0.4 is 11.1 Å². The SMILES string of the molecule is CC(C)NCC(=O)c1cc(Cl)cnc1N. The molecule has 82 valence electrons. The molecule has 1 aromatic rings. The molecule has 3 N–H and O–H groups in total. The first-order valence-electron chi connectivity index (χ1n) is 4.68. The lowest BCUT2D eigenvalue weighted by Gasteiger charge is -2.08. The monoisotopic (exact) mass is 227 g/mol. The van der Waals surface area contributed by atoms with Gasteiger partial charge in [-0.1, -0.05) is 25.4 Å². The largest absolute Gasteiger partial charge is 0.383 e. The Kier molecular flexibility index (Phi) is 4.05. The molecule has 4 nitrogen and oxygen atoms in total. The summed E-state index contributed by atoms with van der Waals surface area (Å²) in [6.45, 7) is 4.17. The fraction of sp³-hybridized carbons (Fsp3) is 0.400. The van der Waals surface area contributed by atoms with Crippen molar-refractivity contribution in [1.82, 2.24) is 10.3 Å². The van der Waals surface area contributed by atoms with E-state index < -0.39 is 0 Å². The van der Waals surface area contributed by atoms with Crippen molar-refractivity contribution in [1.29, 1.82) is 0 Å². The third-order valence-corrected chi connectivity index (χ3v) is 2.06. The Bertz CT molecular complexity index is 366. The molecule has 1 rings (SSSR count). The van der Waals surface area contributed by atoms with Gasteiger partial charge in [0.15, 0.2) is 5.78 Å². The van der Waals surface area contributed by atoms with E-state index in [0.717, 1.165) is 0 Å². The zero-order chi connectivity index (χ0) is 11.4. The van der Waals surface area contributed by atoms with Crippen LogP contribution in [0.5, 0.6) is 0 Å². The highest BCUT2D eigenvalue weighted by molar-refractivity contribution is 6.31. The van der Waals surface area contributed by atoms with Crippen LogP contribution in [0.2, 0.25) is 5.02 Å². The van der Waals surface area contributed by atoms with Gasteiger partial charge >= 0.3 is 0 Å². The van der Waals surface area contributed by atoms with Crippen molar-refractivity contribution < 1.29 is 4.79 Å². The van der Waals surface area contributed by atoms with E-state index in [4.69, 9.17) is 17.3 Å². The zero-order valence-electron chi connectivity index (χ0n) is 8.75. The van der Waals surface area contributed by atoms with Crippen molar-refractivity contribution in [3.05, 3.63) is 22.8 Å². The molecule has 0 bridgehead atoms. The van der Waals surface area contributed by atoms with E-state index in [1.807, 2.05) is 13.8 Å². The summed E-state index contributed by atoms with van der Waals surface area (Å²) in [6.07, 6.45) is 1.42. The molecule has 0 aliphatic heterocycles. The summed E-state index contributed by atoms with van der Waals surface area (Å²) in [6, 6.07) is 1.79. The van der Waals surface area contributed by atoms with E-state index >= 15 is 0 Å². The van der Waals surface area contributed by atoms with Gasteiger partial charge in [0.05, 0.1) is 17.1 Å². The van der Waals surface area contributed by atoms with Gasteiger partial charge in [-0.3, -0.25) is 4.79 Å². The number of nitrogens with one attached hydrogen (secondary N) is 1. The third-order valence-electron chi connectivity index (χ3n) is 1.86. The van der Waals surface area contributed by atoms with E-state index in [1.165, 1.54) is 12.3 Å².